The molecule has 0 aliphatic carbocycles. The average Bonchev–Trinajstić information content (AvgIpc) is 2.89. The molecule has 2 heterocycles. The first kappa shape index (κ1) is 16.4. The molecule has 0 fully saturated rings. The number of rotatable bonds is 5. The number of benzene rings is 1. The fourth-order valence-corrected chi connectivity index (χ4v) is 2.76. The molecule has 1 amide bonds. The maximum atomic E-state index is 12.3. The fraction of sp³-hybridized carbons (Fsp3) is 0.444. The van der Waals surface area contributed by atoms with E-state index < -0.39 is 6.10 Å². The van der Waals surface area contributed by atoms with Gasteiger partial charge in [-0.3, -0.25) is 9.48 Å². The van der Waals surface area contributed by atoms with E-state index >= 15 is 0 Å². The molecular formula is C18H23N3O3. The smallest absolute Gasteiger partial charge is 0.264 e. The molecule has 24 heavy (non-hydrogen) atoms. The van der Waals surface area contributed by atoms with Gasteiger partial charge in [-0.05, 0) is 38.0 Å². The lowest BCUT2D eigenvalue weighted by atomic mass is 10.1. The molecule has 0 unspecified atom stereocenters. The summed E-state index contributed by atoms with van der Waals surface area (Å²) in [5, 5.41) is 7.40. The van der Waals surface area contributed by atoms with Crippen molar-refractivity contribution in [1.29, 1.82) is 0 Å². The lowest BCUT2D eigenvalue weighted by molar-refractivity contribution is -0.130. The van der Waals surface area contributed by atoms with Gasteiger partial charge in [0.25, 0.3) is 5.91 Å². The summed E-state index contributed by atoms with van der Waals surface area (Å²) < 4.78 is 13.3. The summed E-state index contributed by atoms with van der Waals surface area (Å²) in [5.74, 6) is 1.41. The lowest BCUT2D eigenvalue weighted by Gasteiger charge is -2.26. The van der Waals surface area contributed by atoms with E-state index in [0.717, 1.165) is 17.9 Å². The summed E-state index contributed by atoms with van der Waals surface area (Å²) >= 11 is 0. The Morgan fingerprint density at radius 1 is 1.38 bits per heavy atom. The lowest BCUT2D eigenvalue weighted by Crippen LogP contribution is -2.45. The Bertz CT molecular complexity index is 726. The fourth-order valence-electron chi connectivity index (χ4n) is 2.76. The molecule has 128 valence electrons. The van der Waals surface area contributed by atoms with Gasteiger partial charge in [0.05, 0.1) is 5.69 Å². The third-order valence-corrected chi connectivity index (χ3v) is 4.01. The monoisotopic (exact) mass is 329 g/mol. The zero-order valence-electron chi connectivity index (χ0n) is 14.3. The van der Waals surface area contributed by atoms with Crippen molar-refractivity contribution in [3.8, 4) is 11.5 Å². The minimum Gasteiger partial charge on any atom is -0.485 e. The van der Waals surface area contributed by atoms with Crippen LogP contribution in [0, 0.1) is 19.8 Å². The van der Waals surface area contributed by atoms with E-state index in [1.165, 1.54) is 0 Å². The number of carbonyl (C=O) groups excluding carboxylic acids is 1. The molecule has 6 heteroatoms. The van der Waals surface area contributed by atoms with Gasteiger partial charge in [-0.15, -0.1) is 0 Å². The van der Waals surface area contributed by atoms with Crippen LogP contribution in [0.15, 0.2) is 30.3 Å². The molecule has 0 bridgehead atoms. The Morgan fingerprint density at radius 2 is 2.12 bits per heavy atom. The van der Waals surface area contributed by atoms with Crippen molar-refractivity contribution in [3.63, 3.8) is 0 Å². The van der Waals surface area contributed by atoms with E-state index in [1.807, 2.05) is 36.7 Å². The molecule has 1 aromatic carbocycles. The molecule has 1 aliphatic heterocycles. The molecule has 2 atom stereocenters. The van der Waals surface area contributed by atoms with Gasteiger partial charge in [-0.1, -0.05) is 19.1 Å². The van der Waals surface area contributed by atoms with Crippen LogP contribution in [0.3, 0.4) is 0 Å². The van der Waals surface area contributed by atoms with Crippen molar-refractivity contribution >= 4 is 5.91 Å². The minimum absolute atomic E-state index is 0.148. The molecule has 2 aromatic rings. The number of nitrogens with zero attached hydrogens (tertiary/aromatic N) is 2. The van der Waals surface area contributed by atoms with Gasteiger partial charge in [0.15, 0.2) is 11.5 Å². The molecule has 0 spiro atoms. The summed E-state index contributed by atoms with van der Waals surface area (Å²) in [7, 11) is 0. The predicted molar refractivity (Wildman–Crippen MR) is 90.2 cm³/mol. The van der Waals surface area contributed by atoms with Crippen LogP contribution in [0.25, 0.3) is 0 Å². The van der Waals surface area contributed by atoms with Crippen LogP contribution in [0.2, 0.25) is 0 Å². The topological polar surface area (TPSA) is 65.4 Å². The number of carbonyl (C=O) groups is 1. The number of para-hydroxylation sites is 2. The number of ether oxygens (including phenoxy) is 2. The second kappa shape index (κ2) is 6.95. The van der Waals surface area contributed by atoms with Crippen molar-refractivity contribution < 1.29 is 14.3 Å². The first-order chi connectivity index (χ1) is 11.5. The first-order valence-corrected chi connectivity index (χ1v) is 8.20. The van der Waals surface area contributed by atoms with Gasteiger partial charge in [0.2, 0.25) is 6.10 Å². The molecule has 1 N–H and O–H groups in total. The highest BCUT2D eigenvalue weighted by Crippen LogP contribution is 2.30. The Morgan fingerprint density at radius 3 is 2.83 bits per heavy atom. The number of amides is 1. The summed E-state index contributed by atoms with van der Waals surface area (Å²) in [6.07, 6.45) is -0.610. The third-order valence-electron chi connectivity index (χ3n) is 4.01. The van der Waals surface area contributed by atoms with Crippen LogP contribution in [0.4, 0.5) is 0 Å². The van der Waals surface area contributed by atoms with Gasteiger partial charge in [-0.2, -0.15) is 5.10 Å². The van der Waals surface area contributed by atoms with Crippen molar-refractivity contribution in [2.45, 2.75) is 33.4 Å². The predicted octanol–water partition coefficient (Wildman–Crippen LogP) is 2.09. The van der Waals surface area contributed by atoms with Crippen LogP contribution in [-0.2, 0) is 11.3 Å². The molecule has 6 nitrogen and oxygen atoms in total. The summed E-state index contributed by atoms with van der Waals surface area (Å²) in [4.78, 5) is 12.3. The van der Waals surface area contributed by atoms with Crippen LogP contribution < -0.4 is 14.8 Å². The number of aryl methyl sites for hydroxylation is 2. The highest BCUT2D eigenvalue weighted by atomic mass is 16.6. The number of aromatic nitrogens is 2. The minimum atomic E-state index is -0.610. The number of hydrogen-bond donors (Lipinski definition) is 1. The molecular weight excluding hydrogens is 306 g/mol. The van der Waals surface area contributed by atoms with E-state index in [1.54, 1.807) is 6.07 Å². The van der Waals surface area contributed by atoms with E-state index in [4.69, 9.17) is 9.47 Å². The van der Waals surface area contributed by atoms with E-state index in [2.05, 4.69) is 23.4 Å². The Balaban J connectivity index is 1.50. The van der Waals surface area contributed by atoms with Crippen molar-refractivity contribution in [1.82, 2.24) is 15.1 Å². The van der Waals surface area contributed by atoms with Crippen LogP contribution in [-0.4, -0.2) is 34.9 Å². The van der Waals surface area contributed by atoms with Crippen LogP contribution in [0.1, 0.15) is 18.3 Å². The zero-order valence-corrected chi connectivity index (χ0v) is 14.3. The highest BCUT2D eigenvalue weighted by molar-refractivity contribution is 5.81. The van der Waals surface area contributed by atoms with Crippen molar-refractivity contribution in [2.24, 2.45) is 5.92 Å². The van der Waals surface area contributed by atoms with Crippen LogP contribution in [0.5, 0.6) is 11.5 Å². The molecule has 0 radical (unpaired) electrons. The SMILES string of the molecule is Cc1cc(C)n(C[C@H](C)CNC(=O)[C@H]2COc3ccccc3O2)n1. The second-order valence-corrected chi connectivity index (χ2v) is 6.32. The summed E-state index contributed by atoms with van der Waals surface area (Å²) in [5.41, 5.74) is 2.14. The Hall–Kier alpha value is -2.50. The standard InChI is InChI=1S/C18H23N3O3/c1-12(10-21-14(3)8-13(2)20-21)9-19-18(22)17-11-23-15-6-4-5-7-16(15)24-17/h4-8,12,17H,9-11H2,1-3H3,(H,19,22)/t12-,17-/m1/s1. The second-order valence-electron chi connectivity index (χ2n) is 6.32. The molecule has 0 saturated heterocycles. The van der Waals surface area contributed by atoms with Gasteiger partial charge >= 0.3 is 0 Å². The van der Waals surface area contributed by atoms with E-state index in [0.29, 0.717) is 18.0 Å². The van der Waals surface area contributed by atoms with E-state index in [9.17, 15) is 4.79 Å². The quantitative estimate of drug-likeness (QED) is 0.912. The largest absolute Gasteiger partial charge is 0.485 e. The molecule has 0 saturated carbocycles. The van der Waals surface area contributed by atoms with Gasteiger partial charge in [0.1, 0.15) is 6.61 Å². The maximum absolute atomic E-state index is 12.3. The maximum Gasteiger partial charge on any atom is 0.264 e. The van der Waals surface area contributed by atoms with Crippen molar-refractivity contribution in [3.05, 3.63) is 41.7 Å². The number of fused-ring (bicyclic) bond motifs is 1. The van der Waals surface area contributed by atoms with Gasteiger partial charge in [-0.25, -0.2) is 0 Å². The van der Waals surface area contributed by atoms with E-state index in [-0.39, 0.29) is 18.4 Å². The molecule has 1 aliphatic rings. The van der Waals surface area contributed by atoms with Crippen LogP contribution >= 0.6 is 0 Å². The Kier molecular flexibility index (Phi) is 4.74. The third kappa shape index (κ3) is 3.69. The Labute approximate surface area is 141 Å². The zero-order chi connectivity index (χ0) is 17.1. The highest BCUT2D eigenvalue weighted by Gasteiger charge is 2.27. The van der Waals surface area contributed by atoms with Gasteiger partial charge < -0.3 is 14.8 Å². The first-order valence-electron chi connectivity index (χ1n) is 8.20. The average molecular weight is 329 g/mol. The number of hydrogen-bond acceptors (Lipinski definition) is 4. The molecule has 1 aromatic heterocycles. The summed E-state index contributed by atoms with van der Waals surface area (Å²) in [6, 6.07) is 9.43. The molecule has 3 rings (SSSR count). The van der Waals surface area contributed by atoms with Gasteiger partial charge in [0, 0.05) is 18.8 Å². The summed E-state index contributed by atoms with van der Waals surface area (Å²) in [6.45, 7) is 7.67. The van der Waals surface area contributed by atoms with Crippen molar-refractivity contribution in [2.75, 3.05) is 13.2 Å². The normalized spacial score (nSPS) is 17.4. The number of nitrogens with one attached hydrogen (secondary N) is 1.